The van der Waals surface area contributed by atoms with Gasteiger partial charge in [0.05, 0.1) is 11.4 Å². The number of fused-ring (bicyclic) bond motifs is 1. The largest absolute Gasteiger partial charge is 0.285 e. The van der Waals surface area contributed by atoms with Crippen LogP contribution in [0.2, 0.25) is 5.02 Å². The maximum absolute atomic E-state index is 6.00. The van der Waals surface area contributed by atoms with E-state index in [2.05, 4.69) is 78.9 Å². The smallest absolute Gasteiger partial charge is 0.163 e. The van der Waals surface area contributed by atoms with Crippen LogP contribution in [0, 0.1) is 6.92 Å². The van der Waals surface area contributed by atoms with E-state index in [0.717, 1.165) is 35.1 Å². The number of hydrogen-bond donors (Lipinski definition) is 0. The third-order valence-corrected chi connectivity index (χ3v) is 5.35. The summed E-state index contributed by atoms with van der Waals surface area (Å²) in [6.45, 7) is 3.92. The van der Waals surface area contributed by atoms with E-state index >= 15 is 0 Å². The Morgan fingerprint density at radius 1 is 1.24 bits per heavy atom. The van der Waals surface area contributed by atoms with Gasteiger partial charge < -0.3 is 0 Å². The molecular formula is C19H18BrClN4. The number of rotatable bonds is 4. The first-order valence-electron chi connectivity index (χ1n) is 8.21. The Hall–Kier alpha value is -1.69. The topological polar surface area (TPSA) is 33.4 Å². The molecule has 0 saturated heterocycles. The van der Waals surface area contributed by atoms with E-state index in [1.165, 1.54) is 11.1 Å². The summed E-state index contributed by atoms with van der Waals surface area (Å²) in [7, 11) is 0. The molecule has 0 spiro atoms. The predicted molar refractivity (Wildman–Crippen MR) is 104 cm³/mol. The summed E-state index contributed by atoms with van der Waals surface area (Å²) in [4.78, 5) is 2.45. The zero-order valence-corrected chi connectivity index (χ0v) is 16.2. The second-order valence-corrected chi connectivity index (χ2v) is 7.33. The van der Waals surface area contributed by atoms with Crippen LogP contribution in [-0.2, 0) is 11.9 Å². The highest BCUT2D eigenvalue weighted by Gasteiger charge is 2.23. The highest BCUT2D eigenvalue weighted by atomic mass is 79.9. The van der Waals surface area contributed by atoms with Crippen LogP contribution in [-0.4, -0.2) is 26.0 Å². The Morgan fingerprint density at radius 3 is 2.80 bits per heavy atom. The summed E-state index contributed by atoms with van der Waals surface area (Å²) in [5.41, 5.74) is 4.59. The van der Waals surface area contributed by atoms with E-state index in [1.54, 1.807) is 0 Å². The van der Waals surface area contributed by atoms with Crippen molar-refractivity contribution in [1.82, 2.24) is 19.5 Å². The molecule has 128 valence electrons. The van der Waals surface area contributed by atoms with E-state index < -0.39 is 0 Å². The highest BCUT2D eigenvalue weighted by molar-refractivity contribution is 9.08. The summed E-state index contributed by atoms with van der Waals surface area (Å²) in [6.07, 6.45) is 6.67. The molecule has 25 heavy (non-hydrogen) atoms. The van der Waals surface area contributed by atoms with Gasteiger partial charge in [0.25, 0.3) is 0 Å². The van der Waals surface area contributed by atoms with Crippen LogP contribution in [0.3, 0.4) is 0 Å². The number of halogens is 2. The molecule has 2 aromatic heterocycles. The van der Waals surface area contributed by atoms with Crippen LogP contribution in [0.1, 0.15) is 28.6 Å². The van der Waals surface area contributed by atoms with Crippen molar-refractivity contribution >= 4 is 33.2 Å². The fourth-order valence-corrected chi connectivity index (χ4v) is 3.86. The molecule has 1 aliphatic rings. The van der Waals surface area contributed by atoms with Crippen molar-refractivity contribution < 1.29 is 0 Å². The monoisotopic (exact) mass is 416 g/mol. The molecule has 0 amide bonds. The molecule has 6 heteroatoms. The average Bonchev–Trinajstić information content (AvgIpc) is 3.23. The maximum atomic E-state index is 6.00. The van der Waals surface area contributed by atoms with Crippen LogP contribution >= 0.6 is 27.5 Å². The Bertz CT molecular complexity index is 932. The molecule has 3 heterocycles. The van der Waals surface area contributed by atoms with Crippen LogP contribution < -0.4 is 0 Å². The lowest BCUT2D eigenvalue weighted by atomic mass is 10.1. The summed E-state index contributed by atoms with van der Waals surface area (Å²) < 4.78 is 2.09. The van der Waals surface area contributed by atoms with Crippen molar-refractivity contribution in [2.75, 3.05) is 6.54 Å². The molecule has 1 aromatic carbocycles. The Kier molecular flexibility index (Phi) is 4.63. The molecule has 3 aromatic rings. The van der Waals surface area contributed by atoms with Crippen molar-refractivity contribution in [3.63, 3.8) is 0 Å². The minimum atomic E-state index is 0.254. The molecule has 0 fully saturated rings. The van der Waals surface area contributed by atoms with Crippen molar-refractivity contribution in [2.45, 2.75) is 24.8 Å². The van der Waals surface area contributed by atoms with Crippen LogP contribution in [0.5, 0.6) is 0 Å². The number of aromatic nitrogens is 3. The van der Waals surface area contributed by atoms with Gasteiger partial charge in [-0.15, -0.1) is 10.2 Å². The predicted octanol–water partition coefficient (Wildman–Crippen LogP) is 4.70. The number of aryl methyl sites for hydroxylation is 1. The molecule has 1 unspecified atom stereocenters. The van der Waals surface area contributed by atoms with Gasteiger partial charge in [0, 0.05) is 24.3 Å². The first-order chi connectivity index (χ1) is 12.2. The minimum absolute atomic E-state index is 0.254. The molecule has 0 radical (unpaired) electrons. The summed E-state index contributed by atoms with van der Waals surface area (Å²) in [5.74, 6) is 0.922. The van der Waals surface area contributed by atoms with Gasteiger partial charge >= 0.3 is 0 Å². The first kappa shape index (κ1) is 16.8. The molecule has 0 saturated carbocycles. The molecule has 0 N–H and O–H groups in total. The van der Waals surface area contributed by atoms with Gasteiger partial charge in [0.15, 0.2) is 5.65 Å². The second kappa shape index (κ2) is 6.90. The van der Waals surface area contributed by atoms with Crippen molar-refractivity contribution in [2.24, 2.45) is 0 Å². The number of benzene rings is 1. The van der Waals surface area contributed by atoms with E-state index in [1.807, 2.05) is 12.1 Å². The highest BCUT2D eigenvalue weighted by Crippen LogP contribution is 2.30. The fraction of sp³-hybridized carbons (Fsp3) is 0.263. The third kappa shape index (κ3) is 3.24. The fourth-order valence-electron chi connectivity index (χ4n) is 3.35. The Balaban J connectivity index is 1.66. The molecule has 0 aliphatic carbocycles. The minimum Gasteiger partial charge on any atom is -0.285 e. The van der Waals surface area contributed by atoms with E-state index in [-0.39, 0.29) is 6.04 Å². The summed E-state index contributed by atoms with van der Waals surface area (Å²) in [5, 5.41) is 10.0. The molecule has 0 bridgehead atoms. The van der Waals surface area contributed by atoms with E-state index in [4.69, 9.17) is 11.6 Å². The third-order valence-electron chi connectivity index (χ3n) is 4.59. The van der Waals surface area contributed by atoms with Crippen molar-refractivity contribution in [3.05, 3.63) is 76.2 Å². The number of pyridine rings is 1. The van der Waals surface area contributed by atoms with Gasteiger partial charge in [0.2, 0.25) is 0 Å². The van der Waals surface area contributed by atoms with Crippen molar-refractivity contribution in [1.29, 1.82) is 0 Å². The Morgan fingerprint density at radius 2 is 2.04 bits per heavy atom. The van der Waals surface area contributed by atoms with E-state index in [0.29, 0.717) is 5.33 Å². The van der Waals surface area contributed by atoms with E-state index in [9.17, 15) is 0 Å². The number of hydrogen-bond acceptors (Lipinski definition) is 3. The average molecular weight is 418 g/mol. The maximum Gasteiger partial charge on any atom is 0.163 e. The zero-order valence-electron chi connectivity index (χ0n) is 13.9. The zero-order chi connectivity index (χ0) is 17.4. The molecule has 4 rings (SSSR count). The van der Waals surface area contributed by atoms with Gasteiger partial charge in [-0.05, 0) is 41.8 Å². The lowest BCUT2D eigenvalue weighted by Gasteiger charge is -2.25. The molecule has 1 atom stereocenters. The molecule has 4 nitrogen and oxygen atoms in total. The van der Waals surface area contributed by atoms with Crippen LogP contribution in [0.15, 0.2) is 48.7 Å². The van der Waals surface area contributed by atoms with Gasteiger partial charge in [-0.2, -0.15) is 0 Å². The number of alkyl halides is 1. The SMILES string of the molecule is Cc1cc(C2C=CCN2Cc2ccc(Cl)cc2)cn2c(CBr)nnc12. The Labute approximate surface area is 160 Å². The van der Waals surface area contributed by atoms with Gasteiger partial charge in [0.1, 0.15) is 5.82 Å². The van der Waals surface area contributed by atoms with Gasteiger partial charge in [-0.3, -0.25) is 9.30 Å². The van der Waals surface area contributed by atoms with Crippen molar-refractivity contribution in [3.8, 4) is 0 Å². The lowest BCUT2D eigenvalue weighted by Crippen LogP contribution is -2.23. The van der Waals surface area contributed by atoms with Crippen LogP contribution in [0.4, 0.5) is 0 Å². The molecule has 1 aliphatic heterocycles. The summed E-state index contributed by atoms with van der Waals surface area (Å²) in [6, 6.07) is 10.6. The standard InChI is InChI=1S/C19H18BrClN4/c1-13-9-15(12-25-18(10-20)22-23-19(13)25)17-3-2-8-24(17)11-14-4-6-16(21)7-5-14/h2-7,9,12,17H,8,10-11H2,1H3. The molecular weight excluding hydrogens is 400 g/mol. The van der Waals surface area contributed by atoms with Crippen LogP contribution in [0.25, 0.3) is 5.65 Å². The number of nitrogens with zero attached hydrogens (tertiary/aromatic N) is 4. The van der Waals surface area contributed by atoms with Gasteiger partial charge in [-0.25, -0.2) is 0 Å². The quantitative estimate of drug-likeness (QED) is 0.456. The normalized spacial score (nSPS) is 17.6. The summed E-state index contributed by atoms with van der Waals surface area (Å²) >= 11 is 9.49. The van der Waals surface area contributed by atoms with Gasteiger partial charge in [-0.1, -0.05) is 51.8 Å². The first-order valence-corrected chi connectivity index (χ1v) is 9.71. The lowest BCUT2D eigenvalue weighted by molar-refractivity contribution is 0.266. The second-order valence-electron chi connectivity index (χ2n) is 6.33.